The SMILES string of the molecule is CC(=O)OCC(CCc1ccccc1)(OC(C)=O)C(=O)NC(C)(C)C. The summed E-state index contributed by atoms with van der Waals surface area (Å²) in [5.41, 5.74) is -1.10. The van der Waals surface area contributed by atoms with Gasteiger partial charge in [0.1, 0.15) is 6.61 Å². The molecule has 6 heteroatoms. The van der Waals surface area contributed by atoms with Crippen molar-refractivity contribution in [2.75, 3.05) is 6.61 Å². The van der Waals surface area contributed by atoms with Crippen molar-refractivity contribution in [2.45, 2.75) is 58.6 Å². The Balaban J connectivity index is 3.10. The summed E-state index contributed by atoms with van der Waals surface area (Å²) in [7, 11) is 0. The normalized spacial score (nSPS) is 13.5. The van der Waals surface area contributed by atoms with Gasteiger partial charge in [0.2, 0.25) is 5.60 Å². The summed E-state index contributed by atoms with van der Waals surface area (Å²) in [6, 6.07) is 9.53. The minimum absolute atomic E-state index is 0.200. The summed E-state index contributed by atoms with van der Waals surface area (Å²) in [4.78, 5) is 35.8. The third-order valence-electron chi connectivity index (χ3n) is 3.41. The van der Waals surface area contributed by atoms with E-state index in [0.29, 0.717) is 6.42 Å². The van der Waals surface area contributed by atoms with Crippen LogP contribution in [-0.4, -0.2) is 35.6 Å². The molecule has 0 bridgehead atoms. The first-order valence-corrected chi connectivity index (χ1v) is 8.23. The molecule has 1 atom stereocenters. The Kier molecular flexibility index (Phi) is 7.15. The van der Waals surface area contributed by atoms with Crippen LogP contribution in [-0.2, 0) is 30.3 Å². The van der Waals surface area contributed by atoms with Crippen molar-refractivity contribution >= 4 is 17.8 Å². The first kappa shape index (κ1) is 20.7. The van der Waals surface area contributed by atoms with Gasteiger partial charge in [0.15, 0.2) is 0 Å². The molecule has 0 radical (unpaired) electrons. The van der Waals surface area contributed by atoms with Crippen molar-refractivity contribution in [1.82, 2.24) is 5.32 Å². The number of benzene rings is 1. The van der Waals surface area contributed by atoms with Crippen LogP contribution in [0.2, 0.25) is 0 Å². The van der Waals surface area contributed by atoms with E-state index >= 15 is 0 Å². The van der Waals surface area contributed by atoms with Crippen LogP contribution < -0.4 is 5.32 Å². The maximum atomic E-state index is 12.9. The smallest absolute Gasteiger partial charge is 0.303 e. The number of esters is 2. The second-order valence-electron chi connectivity index (χ2n) is 7.06. The molecule has 1 aromatic carbocycles. The second-order valence-corrected chi connectivity index (χ2v) is 7.06. The van der Waals surface area contributed by atoms with Gasteiger partial charge in [-0.05, 0) is 32.8 Å². The number of hydrogen-bond acceptors (Lipinski definition) is 5. The maximum absolute atomic E-state index is 12.9. The molecule has 0 saturated carbocycles. The average molecular weight is 349 g/mol. The van der Waals surface area contributed by atoms with E-state index in [4.69, 9.17) is 9.47 Å². The number of carbonyl (C=O) groups is 3. The molecule has 1 aromatic rings. The largest absolute Gasteiger partial charge is 0.461 e. The Morgan fingerprint density at radius 3 is 2.08 bits per heavy atom. The van der Waals surface area contributed by atoms with Crippen LogP contribution >= 0.6 is 0 Å². The van der Waals surface area contributed by atoms with Crippen molar-refractivity contribution in [3.8, 4) is 0 Å². The maximum Gasteiger partial charge on any atom is 0.303 e. The van der Waals surface area contributed by atoms with Gasteiger partial charge in [0, 0.05) is 25.8 Å². The van der Waals surface area contributed by atoms with Gasteiger partial charge in [0.25, 0.3) is 5.91 Å². The van der Waals surface area contributed by atoms with Gasteiger partial charge in [-0.15, -0.1) is 0 Å². The molecule has 0 aliphatic carbocycles. The Labute approximate surface area is 148 Å². The zero-order valence-electron chi connectivity index (χ0n) is 15.5. The highest BCUT2D eigenvalue weighted by atomic mass is 16.6. The molecule has 1 rings (SSSR count). The summed E-state index contributed by atoms with van der Waals surface area (Å²) in [5, 5.41) is 2.82. The Bertz CT molecular complexity index is 606. The van der Waals surface area contributed by atoms with Crippen LogP contribution in [0.5, 0.6) is 0 Å². The molecular formula is C19H27NO5. The number of nitrogens with one attached hydrogen (secondary N) is 1. The minimum Gasteiger partial charge on any atom is -0.461 e. The molecule has 138 valence electrons. The topological polar surface area (TPSA) is 81.7 Å². The lowest BCUT2D eigenvalue weighted by Gasteiger charge is -2.34. The number of carbonyl (C=O) groups excluding carboxylic acids is 3. The lowest BCUT2D eigenvalue weighted by Crippen LogP contribution is -2.57. The quantitative estimate of drug-likeness (QED) is 0.765. The molecule has 25 heavy (non-hydrogen) atoms. The lowest BCUT2D eigenvalue weighted by molar-refractivity contribution is -0.179. The zero-order chi connectivity index (χ0) is 19.1. The van der Waals surface area contributed by atoms with Gasteiger partial charge >= 0.3 is 11.9 Å². The highest BCUT2D eigenvalue weighted by Crippen LogP contribution is 2.23. The number of rotatable bonds is 7. The van der Waals surface area contributed by atoms with E-state index in [9.17, 15) is 14.4 Å². The highest BCUT2D eigenvalue weighted by Gasteiger charge is 2.44. The van der Waals surface area contributed by atoms with Crippen LogP contribution in [0.25, 0.3) is 0 Å². The van der Waals surface area contributed by atoms with Gasteiger partial charge in [-0.2, -0.15) is 0 Å². The van der Waals surface area contributed by atoms with Gasteiger partial charge < -0.3 is 14.8 Å². The van der Waals surface area contributed by atoms with Gasteiger partial charge in [0.05, 0.1) is 0 Å². The molecule has 0 aliphatic rings. The van der Waals surface area contributed by atoms with E-state index in [0.717, 1.165) is 5.56 Å². The zero-order valence-corrected chi connectivity index (χ0v) is 15.5. The van der Waals surface area contributed by atoms with Crippen LogP contribution in [0.15, 0.2) is 30.3 Å². The Morgan fingerprint density at radius 1 is 1.00 bits per heavy atom. The predicted octanol–water partition coefficient (Wildman–Crippen LogP) is 2.40. The van der Waals surface area contributed by atoms with Crippen LogP contribution in [0.3, 0.4) is 0 Å². The van der Waals surface area contributed by atoms with Gasteiger partial charge in [-0.1, -0.05) is 30.3 Å². The van der Waals surface area contributed by atoms with Crippen molar-refractivity contribution in [3.63, 3.8) is 0 Å². The summed E-state index contributed by atoms with van der Waals surface area (Å²) < 4.78 is 10.4. The number of aryl methyl sites for hydroxylation is 1. The fraction of sp³-hybridized carbons (Fsp3) is 0.526. The number of ether oxygens (including phenoxy) is 2. The molecule has 0 fully saturated rings. The van der Waals surface area contributed by atoms with Crippen molar-refractivity contribution in [3.05, 3.63) is 35.9 Å². The second kappa shape index (κ2) is 8.65. The molecule has 0 heterocycles. The minimum atomic E-state index is -1.57. The van der Waals surface area contributed by atoms with E-state index in [1.54, 1.807) is 0 Å². The fourth-order valence-corrected chi connectivity index (χ4v) is 2.32. The monoisotopic (exact) mass is 349 g/mol. The van der Waals surface area contributed by atoms with E-state index in [-0.39, 0.29) is 13.0 Å². The van der Waals surface area contributed by atoms with Crippen molar-refractivity contribution < 1.29 is 23.9 Å². The molecule has 0 aromatic heterocycles. The van der Waals surface area contributed by atoms with Crippen LogP contribution in [0.4, 0.5) is 0 Å². The molecule has 6 nitrogen and oxygen atoms in total. The standard InChI is InChI=1S/C19H27NO5/c1-14(21)24-13-19(25-15(2)22,17(23)20-18(3,4)5)12-11-16-9-7-6-8-10-16/h6-10H,11-13H2,1-5H3,(H,20,23). The Hall–Kier alpha value is -2.37. The molecule has 0 saturated heterocycles. The van der Waals surface area contributed by atoms with E-state index < -0.39 is 29.0 Å². The molecule has 1 N–H and O–H groups in total. The number of hydrogen-bond donors (Lipinski definition) is 1. The summed E-state index contributed by atoms with van der Waals surface area (Å²) in [6.07, 6.45) is 0.693. The molecule has 0 spiro atoms. The summed E-state index contributed by atoms with van der Waals surface area (Å²) in [6.45, 7) is 7.63. The molecule has 1 amide bonds. The highest BCUT2D eigenvalue weighted by molar-refractivity contribution is 5.88. The fourth-order valence-electron chi connectivity index (χ4n) is 2.32. The summed E-state index contributed by atoms with van der Waals surface area (Å²) in [5.74, 6) is -1.63. The molecule has 0 aliphatic heterocycles. The molecule has 1 unspecified atom stereocenters. The van der Waals surface area contributed by atoms with Crippen molar-refractivity contribution in [1.29, 1.82) is 0 Å². The van der Waals surface area contributed by atoms with Crippen LogP contribution in [0.1, 0.15) is 46.6 Å². The summed E-state index contributed by atoms with van der Waals surface area (Å²) >= 11 is 0. The predicted molar refractivity (Wildman–Crippen MR) is 93.8 cm³/mol. The molecular weight excluding hydrogens is 322 g/mol. The van der Waals surface area contributed by atoms with Crippen molar-refractivity contribution in [2.24, 2.45) is 0 Å². The third kappa shape index (κ3) is 7.37. The first-order valence-electron chi connectivity index (χ1n) is 8.23. The van der Waals surface area contributed by atoms with E-state index in [2.05, 4.69) is 5.32 Å². The first-order chi connectivity index (χ1) is 11.5. The number of amides is 1. The van der Waals surface area contributed by atoms with Crippen LogP contribution in [0, 0.1) is 0 Å². The van der Waals surface area contributed by atoms with Gasteiger partial charge in [-0.3, -0.25) is 14.4 Å². The Morgan fingerprint density at radius 2 is 1.60 bits per heavy atom. The van der Waals surface area contributed by atoms with E-state index in [1.165, 1.54) is 13.8 Å². The average Bonchev–Trinajstić information content (AvgIpc) is 2.49. The van der Waals surface area contributed by atoms with E-state index in [1.807, 2.05) is 51.1 Å². The lowest BCUT2D eigenvalue weighted by atomic mass is 9.92. The third-order valence-corrected chi connectivity index (χ3v) is 3.41. The van der Waals surface area contributed by atoms with Gasteiger partial charge in [-0.25, -0.2) is 0 Å².